The van der Waals surface area contributed by atoms with E-state index in [-0.39, 0.29) is 4.75 Å². The Labute approximate surface area is 161 Å². The first-order chi connectivity index (χ1) is 12.3. The predicted molar refractivity (Wildman–Crippen MR) is 114 cm³/mol. The van der Waals surface area contributed by atoms with Crippen LogP contribution in [-0.2, 0) is 0 Å². The minimum Gasteiger partial charge on any atom is -0.333 e. The van der Waals surface area contributed by atoms with Crippen molar-refractivity contribution in [2.75, 3.05) is 0 Å². The largest absolute Gasteiger partial charge is 0.333 e. The van der Waals surface area contributed by atoms with Crippen molar-refractivity contribution in [2.24, 2.45) is 4.99 Å². The minimum absolute atomic E-state index is 0.173. The smallest absolute Gasteiger partial charge is 0.113 e. The van der Waals surface area contributed by atoms with E-state index < -0.39 is 0 Å². The number of allylic oxidation sites excluding steroid dienone is 2. The molecule has 1 aromatic carbocycles. The van der Waals surface area contributed by atoms with E-state index in [4.69, 9.17) is 0 Å². The van der Waals surface area contributed by atoms with Crippen molar-refractivity contribution in [2.45, 2.75) is 39.4 Å². The molecular formula is C22H25N3S. The van der Waals surface area contributed by atoms with Crippen LogP contribution < -0.4 is 4.72 Å². The molecule has 0 saturated carbocycles. The molecule has 0 aliphatic carbocycles. The number of rotatable bonds is 4. The van der Waals surface area contributed by atoms with Gasteiger partial charge in [0.25, 0.3) is 0 Å². The van der Waals surface area contributed by atoms with Crippen LogP contribution in [0.2, 0.25) is 0 Å². The van der Waals surface area contributed by atoms with Gasteiger partial charge in [-0.05, 0) is 95.0 Å². The third-order valence-corrected chi connectivity index (χ3v) is 4.15. The number of benzene rings is 1. The highest BCUT2D eigenvalue weighted by atomic mass is 32.2. The maximum atomic E-state index is 4.63. The predicted octanol–water partition coefficient (Wildman–Crippen LogP) is 5.51. The van der Waals surface area contributed by atoms with Crippen LogP contribution in [0.1, 0.15) is 45.9 Å². The van der Waals surface area contributed by atoms with Crippen LogP contribution in [0.4, 0.5) is 5.69 Å². The number of hydrogen-bond acceptors (Lipinski definition) is 4. The number of nitrogens with zero attached hydrogens (tertiary/aromatic N) is 2. The van der Waals surface area contributed by atoms with Gasteiger partial charge in [0.05, 0.1) is 5.69 Å². The number of hydrogen-bond donors (Lipinski definition) is 1. The molecule has 1 N–H and O–H groups in total. The highest BCUT2D eigenvalue weighted by Gasteiger charge is 2.10. The molecule has 0 amide bonds. The first-order valence-corrected chi connectivity index (χ1v) is 9.34. The zero-order valence-corrected chi connectivity index (χ0v) is 16.8. The molecule has 0 atom stereocenters. The molecule has 0 fully saturated rings. The van der Waals surface area contributed by atoms with E-state index in [9.17, 15) is 0 Å². The Morgan fingerprint density at radius 3 is 2.42 bits per heavy atom. The molecule has 1 aromatic heterocycles. The van der Waals surface area contributed by atoms with Gasteiger partial charge in [-0.1, -0.05) is 12.0 Å². The fourth-order valence-electron chi connectivity index (χ4n) is 2.00. The summed E-state index contributed by atoms with van der Waals surface area (Å²) in [5.41, 5.74) is 4.67. The third-order valence-electron chi connectivity index (χ3n) is 3.12. The molecule has 0 aliphatic heterocycles. The normalized spacial score (nSPS) is 12.3. The van der Waals surface area contributed by atoms with E-state index in [1.54, 1.807) is 18.1 Å². The Morgan fingerprint density at radius 2 is 1.81 bits per heavy atom. The van der Waals surface area contributed by atoms with Crippen molar-refractivity contribution in [3.05, 3.63) is 71.7 Å². The molecule has 0 bridgehead atoms. The summed E-state index contributed by atoms with van der Waals surface area (Å²) >= 11 is 1.70. The molecule has 0 aliphatic rings. The molecule has 0 saturated heterocycles. The van der Waals surface area contributed by atoms with Crippen LogP contribution in [0, 0.1) is 11.8 Å². The van der Waals surface area contributed by atoms with E-state index in [0.29, 0.717) is 0 Å². The van der Waals surface area contributed by atoms with Gasteiger partial charge >= 0.3 is 0 Å². The van der Waals surface area contributed by atoms with Gasteiger partial charge in [0.2, 0.25) is 0 Å². The van der Waals surface area contributed by atoms with Crippen LogP contribution in [0.15, 0.2) is 65.4 Å². The Kier molecular flexibility index (Phi) is 7.06. The zero-order valence-electron chi connectivity index (χ0n) is 16.0. The second-order valence-electron chi connectivity index (χ2n) is 6.91. The van der Waals surface area contributed by atoms with Gasteiger partial charge in [-0.15, -0.1) is 0 Å². The molecule has 4 heteroatoms. The average molecular weight is 364 g/mol. The molecule has 0 radical (unpaired) electrons. The maximum Gasteiger partial charge on any atom is 0.113 e. The molecular weight excluding hydrogens is 338 g/mol. The highest BCUT2D eigenvalue weighted by molar-refractivity contribution is 7.98. The molecule has 1 heterocycles. The fraction of sp³-hybridized carbons (Fsp3) is 0.273. The van der Waals surface area contributed by atoms with Gasteiger partial charge in [0.1, 0.15) is 5.69 Å². The van der Waals surface area contributed by atoms with Crippen molar-refractivity contribution in [3.63, 3.8) is 0 Å². The summed E-state index contributed by atoms with van der Waals surface area (Å²) in [6, 6.07) is 13.6. The Morgan fingerprint density at radius 1 is 1.08 bits per heavy atom. The van der Waals surface area contributed by atoms with E-state index in [1.807, 2.05) is 62.4 Å². The SMILES string of the molecule is CC(/C=C(\C)NSC(C)(C)C)=Nc1ccc(C#Cc2ccccn2)cc1. The standard InChI is InChI=1S/C22H25N3S/c1-17(16-18(2)25-26-22(3,4)5)24-21-13-10-19(11-14-21)9-12-20-8-6-7-15-23-20/h6-8,10-11,13-16,25H,1-5H3/b18-16+,24-17?. The number of aromatic nitrogens is 1. The van der Waals surface area contributed by atoms with Crippen LogP contribution in [0.25, 0.3) is 0 Å². The third kappa shape index (κ3) is 7.58. The van der Waals surface area contributed by atoms with Gasteiger partial charge < -0.3 is 4.72 Å². The fourth-order valence-corrected chi connectivity index (χ4v) is 2.53. The van der Waals surface area contributed by atoms with Gasteiger partial charge in [-0.2, -0.15) is 0 Å². The second kappa shape index (κ2) is 9.26. The summed E-state index contributed by atoms with van der Waals surface area (Å²) in [5, 5.41) is 0. The number of pyridine rings is 1. The summed E-state index contributed by atoms with van der Waals surface area (Å²) in [4.78, 5) is 8.83. The maximum absolute atomic E-state index is 4.63. The number of nitrogens with one attached hydrogen (secondary N) is 1. The van der Waals surface area contributed by atoms with Gasteiger partial charge in [-0.3, -0.25) is 4.99 Å². The summed E-state index contributed by atoms with van der Waals surface area (Å²) in [6.45, 7) is 10.6. The lowest BCUT2D eigenvalue weighted by molar-refractivity contribution is 0.797. The first-order valence-electron chi connectivity index (χ1n) is 8.52. The molecule has 0 unspecified atom stereocenters. The van der Waals surface area contributed by atoms with Crippen LogP contribution in [-0.4, -0.2) is 15.4 Å². The lowest BCUT2D eigenvalue weighted by Crippen LogP contribution is -2.16. The zero-order chi connectivity index (χ0) is 19.0. The van der Waals surface area contributed by atoms with Gasteiger partial charge in [0, 0.05) is 27.9 Å². The monoisotopic (exact) mass is 363 g/mol. The van der Waals surface area contributed by atoms with Crippen LogP contribution in [0.5, 0.6) is 0 Å². The average Bonchev–Trinajstić information content (AvgIpc) is 2.60. The first kappa shape index (κ1) is 19.8. The van der Waals surface area contributed by atoms with Crippen molar-refractivity contribution in [1.82, 2.24) is 9.71 Å². The van der Waals surface area contributed by atoms with Crippen LogP contribution >= 0.6 is 11.9 Å². The molecule has 3 nitrogen and oxygen atoms in total. The van der Waals surface area contributed by atoms with Gasteiger partial charge in [0.15, 0.2) is 0 Å². The minimum atomic E-state index is 0.173. The Bertz CT molecular complexity index is 833. The number of aliphatic imine (C=N–C) groups is 1. The van der Waals surface area contributed by atoms with Crippen molar-refractivity contribution < 1.29 is 0 Å². The van der Waals surface area contributed by atoms with Gasteiger partial charge in [-0.25, -0.2) is 4.98 Å². The quantitative estimate of drug-likeness (QED) is 0.442. The molecule has 2 rings (SSSR count). The molecule has 134 valence electrons. The second-order valence-corrected chi connectivity index (χ2v) is 8.54. The molecule has 2 aromatic rings. The van der Waals surface area contributed by atoms with Crippen molar-refractivity contribution in [1.29, 1.82) is 0 Å². The topological polar surface area (TPSA) is 37.3 Å². The Hall–Kier alpha value is -2.51. The van der Waals surface area contributed by atoms with Crippen LogP contribution in [0.3, 0.4) is 0 Å². The summed E-state index contributed by atoms with van der Waals surface area (Å²) < 4.78 is 3.53. The molecule has 0 spiro atoms. The highest BCUT2D eigenvalue weighted by Crippen LogP contribution is 2.21. The van der Waals surface area contributed by atoms with E-state index in [0.717, 1.165) is 28.4 Å². The lowest BCUT2D eigenvalue weighted by Gasteiger charge is -2.18. The summed E-state index contributed by atoms with van der Waals surface area (Å²) in [6.07, 6.45) is 3.79. The Balaban J connectivity index is 2.01. The summed E-state index contributed by atoms with van der Waals surface area (Å²) in [5.74, 6) is 6.18. The van der Waals surface area contributed by atoms with E-state index >= 15 is 0 Å². The summed E-state index contributed by atoms with van der Waals surface area (Å²) in [7, 11) is 0. The van der Waals surface area contributed by atoms with E-state index in [2.05, 4.69) is 47.3 Å². The lowest BCUT2D eigenvalue weighted by atomic mass is 10.2. The molecule has 26 heavy (non-hydrogen) atoms. The van der Waals surface area contributed by atoms with Crippen molar-refractivity contribution in [3.8, 4) is 11.8 Å². The van der Waals surface area contributed by atoms with Crippen molar-refractivity contribution >= 4 is 23.3 Å². The van der Waals surface area contributed by atoms with E-state index in [1.165, 1.54) is 0 Å².